The normalized spacial score (nSPS) is 11.9. The van der Waals surface area contributed by atoms with E-state index in [2.05, 4.69) is 148 Å². The molecule has 0 saturated carbocycles. The Bertz CT molecular complexity index is 1690. The fourth-order valence-corrected chi connectivity index (χ4v) is 6.77. The number of benzene rings is 5. The Morgan fingerprint density at radius 1 is 0.512 bits per heavy atom. The summed E-state index contributed by atoms with van der Waals surface area (Å²) in [5.41, 5.74) is 12.9. The summed E-state index contributed by atoms with van der Waals surface area (Å²) in [5.74, 6) is 0. The van der Waals surface area contributed by atoms with E-state index in [1.807, 2.05) is 0 Å². The third kappa shape index (κ3) is 4.87. The van der Waals surface area contributed by atoms with Crippen LogP contribution in [-0.2, 0) is 6.54 Å². The lowest BCUT2D eigenvalue weighted by atomic mass is 10.0. The summed E-state index contributed by atoms with van der Waals surface area (Å²) in [6.07, 6.45) is 0. The number of hydrogen-bond donors (Lipinski definition) is 0. The van der Waals surface area contributed by atoms with Crippen LogP contribution in [0.1, 0.15) is 37.5 Å². The summed E-state index contributed by atoms with van der Waals surface area (Å²) in [4.78, 5) is 0. The van der Waals surface area contributed by atoms with Crippen LogP contribution in [0.5, 0.6) is 0 Å². The van der Waals surface area contributed by atoms with Crippen LogP contribution < -0.4 is 0 Å². The van der Waals surface area contributed by atoms with Gasteiger partial charge in [-0.15, -0.1) is 0 Å². The van der Waals surface area contributed by atoms with E-state index in [-0.39, 0.29) is 0 Å². The summed E-state index contributed by atoms with van der Waals surface area (Å²) < 4.78 is 3.63. The molecule has 2 nitrogen and oxygen atoms in total. The Hall–Kier alpha value is -4.14. The minimum atomic E-state index is 1.08. The summed E-state index contributed by atoms with van der Waals surface area (Å²) in [6, 6.07) is 40.3. The highest BCUT2D eigenvalue weighted by Crippen LogP contribution is 2.39. The van der Waals surface area contributed by atoms with E-state index >= 15 is 0 Å². The van der Waals surface area contributed by atoms with Crippen LogP contribution in [0.3, 0.4) is 0 Å². The molecule has 0 amide bonds. The van der Waals surface area contributed by atoms with Gasteiger partial charge >= 0.3 is 0 Å². The largest absolute Gasteiger partial charge is 0.321 e. The van der Waals surface area contributed by atoms with Crippen molar-refractivity contribution in [1.82, 2.24) is 4.57 Å². The van der Waals surface area contributed by atoms with Crippen molar-refractivity contribution in [3.8, 4) is 27.9 Å². The van der Waals surface area contributed by atoms with Gasteiger partial charge in [0.1, 0.15) is 6.54 Å². The third-order valence-electron chi connectivity index (χ3n) is 9.28. The second-order valence-corrected chi connectivity index (χ2v) is 11.6. The van der Waals surface area contributed by atoms with Gasteiger partial charge in [-0.1, -0.05) is 72.8 Å². The average molecular weight is 538 g/mol. The van der Waals surface area contributed by atoms with Crippen molar-refractivity contribution in [3.05, 3.63) is 126 Å². The van der Waals surface area contributed by atoms with Crippen molar-refractivity contribution >= 4 is 21.8 Å². The molecule has 0 aliphatic rings. The number of fused-ring (bicyclic) bond motifs is 3. The summed E-state index contributed by atoms with van der Waals surface area (Å²) >= 11 is 0. The highest BCUT2D eigenvalue weighted by molar-refractivity contribution is 6.11. The molecule has 0 saturated heterocycles. The zero-order valence-electron chi connectivity index (χ0n) is 25.1. The van der Waals surface area contributed by atoms with Crippen LogP contribution in [-0.4, -0.2) is 28.7 Å². The first-order chi connectivity index (χ1) is 20.0. The van der Waals surface area contributed by atoms with Gasteiger partial charge in [-0.3, -0.25) is 0 Å². The van der Waals surface area contributed by atoms with Crippen LogP contribution in [0.2, 0.25) is 0 Å². The predicted molar refractivity (Wildman–Crippen MR) is 177 cm³/mol. The Balaban J connectivity index is 1.58. The van der Waals surface area contributed by atoms with Crippen LogP contribution in [0.15, 0.2) is 109 Å². The van der Waals surface area contributed by atoms with Gasteiger partial charge in [0.05, 0.1) is 36.4 Å². The lowest BCUT2D eigenvalue weighted by molar-refractivity contribution is -0.936. The first kappa shape index (κ1) is 27.1. The fourth-order valence-electron chi connectivity index (χ4n) is 6.77. The van der Waals surface area contributed by atoms with Gasteiger partial charge in [-0.05, 0) is 104 Å². The lowest BCUT2D eigenvalue weighted by Crippen LogP contribution is -2.46. The van der Waals surface area contributed by atoms with Gasteiger partial charge in [-0.25, -0.2) is 0 Å². The van der Waals surface area contributed by atoms with E-state index < -0.39 is 0 Å². The number of quaternary nitrogens is 1. The van der Waals surface area contributed by atoms with Crippen LogP contribution in [0.4, 0.5) is 0 Å². The van der Waals surface area contributed by atoms with Gasteiger partial charge in [0.15, 0.2) is 0 Å². The number of aryl methyl sites for hydroxylation is 2. The average Bonchev–Trinajstić information content (AvgIpc) is 3.33. The van der Waals surface area contributed by atoms with E-state index in [1.165, 1.54) is 66.4 Å². The van der Waals surface area contributed by atoms with Crippen molar-refractivity contribution < 1.29 is 4.48 Å². The topological polar surface area (TPSA) is 4.93 Å². The minimum absolute atomic E-state index is 1.08. The number of nitrogens with zero attached hydrogens (tertiary/aromatic N) is 2. The Kier molecular flexibility index (Phi) is 7.28. The second-order valence-electron chi connectivity index (χ2n) is 11.6. The highest BCUT2D eigenvalue weighted by atomic mass is 15.3. The molecule has 0 aliphatic heterocycles. The van der Waals surface area contributed by atoms with Crippen molar-refractivity contribution in [3.63, 3.8) is 0 Å². The molecule has 41 heavy (non-hydrogen) atoms. The Labute approximate surface area is 245 Å². The van der Waals surface area contributed by atoms with E-state index in [9.17, 15) is 0 Å². The van der Waals surface area contributed by atoms with E-state index in [4.69, 9.17) is 0 Å². The molecular weight excluding hydrogens is 496 g/mol. The van der Waals surface area contributed by atoms with Crippen LogP contribution in [0, 0.1) is 13.8 Å². The third-order valence-corrected chi connectivity index (χ3v) is 9.28. The summed E-state index contributed by atoms with van der Waals surface area (Å²) in [5, 5.41) is 2.58. The Morgan fingerprint density at radius 2 is 0.951 bits per heavy atom. The lowest BCUT2D eigenvalue weighted by Gasteiger charge is -2.36. The summed E-state index contributed by atoms with van der Waals surface area (Å²) in [6.45, 7) is 16.1. The van der Waals surface area contributed by atoms with Gasteiger partial charge in [0, 0.05) is 16.3 Å². The number of hydrogen-bond acceptors (Lipinski definition) is 0. The van der Waals surface area contributed by atoms with Crippen molar-refractivity contribution in [2.45, 2.75) is 41.2 Å². The second kappa shape index (κ2) is 11.0. The molecule has 6 rings (SSSR count). The summed E-state index contributed by atoms with van der Waals surface area (Å²) in [7, 11) is 0. The van der Waals surface area contributed by atoms with Crippen molar-refractivity contribution in [1.29, 1.82) is 0 Å². The molecular formula is C39H41N2+. The predicted octanol–water partition coefficient (Wildman–Crippen LogP) is 10.1. The van der Waals surface area contributed by atoms with E-state index in [1.54, 1.807) is 0 Å². The van der Waals surface area contributed by atoms with Crippen LogP contribution >= 0.6 is 0 Å². The minimum Gasteiger partial charge on any atom is -0.321 e. The molecule has 0 aliphatic carbocycles. The molecule has 5 aromatic carbocycles. The van der Waals surface area contributed by atoms with Gasteiger partial charge in [0.2, 0.25) is 0 Å². The molecule has 2 heteroatoms. The zero-order chi connectivity index (χ0) is 28.6. The van der Waals surface area contributed by atoms with Gasteiger partial charge < -0.3 is 9.05 Å². The molecule has 0 bridgehead atoms. The van der Waals surface area contributed by atoms with Crippen molar-refractivity contribution in [2.75, 3.05) is 19.6 Å². The van der Waals surface area contributed by atoms with E-state index in [0.29, 0.717) is 0 Å². The maximum absolute atomic E-state index is 2.50. The molecule has 206 valence electrons. The van der Waals surface area contributed by atoms with Crippen molar-refractivity contribution in [2.24, 2.45) is 0 Å². The molecule has 0 N–H and O–H groups in total. The molecule has 1 heterocycles. The van der Waals surface area contributed by atoms with E-state index in [0.717, 1.165) is 30.7 Å². The molecule has 0 fully saturated rings. The smallest absolute Gasteiger partial charge is 0.104 e. The molecule has 0 atom stereocenters. The first-order valence-electron chi connectivity index (χ1n) is 15.1. The molecule has 1 aromatic heterocycles. The molecule has 0 radical (unpaired) electrons. The molecule has 0 unspecified atom stereocenters. The standard InChI is InChI=1S/C39H41N2/c1-6-41(7-2,8-3)27-30-23-28(4)39(29(5)24-30)40-37-21-19-33(31-15-11-9-12-16-31)25-35(37)36-26-34(20-22-38(36)40)32-17-13-10-14-18-32/h9-26H,6-8,27H2,1-5H3/q+1. The van der Waals surface area contributed by atoms with Crippen LogP contribution in [0.25, 0.3) is 49.7 Å². The maximum atomic E-state index is 2.50. The molecule has 0 spiro atoms. The monoisotopic (exact) mass is 537 g/mol. The Morgan fingerprint density at radius 3 is 1.37 bits per heavy atom. The molecule has 6 aromatic rings. The first-order valence-corrected chi connectivity index (χ1v) is 15.1. The fraction of sp³-hybridized carbons (Fsp3) is 0.231. The SMILES string of the molecule is CC[N+](CC)(CC)Cc1cc(C)c(-n2c3ccc(-c4ccccc4)cc3c3cc(-c4ccccc4)ccc32)c(C)c1. The number of aromatic nitrogens is 1. The number of rotatable bonds is 8. The quantitative estimate of drug-likeness (QED) is 0.170. The zero-order valence-corrected chi connectivity index (χ0v) is 25.1. The van der Waals surface area contributed by atoms with Gasteiger partial charge in [-0.2, -0.15) is 0 Å². The van der Waals surface area contributed by atoms with Gasteiger partial charge in [0.25, 0.3) is 0 Å². The maximum Gasteiger partial charge on any atom is 0.104 e. The highest BCUT2D eigenvalue weighted by Gasteiger charge is 2.23.